The van der Waals surface area contributed by atoms with Crippen LogP contribution in [0.1, 0.15) is 0 Å². The van der Waals surface area contributed by atoms with Crippen molar-refractivity contribution < 1.29 is 9.84 Å². The number of halogens is 1. The molecular weight excluding hydrogens is 380 g/mol. The van der Waals surface area contributed by atoms with Crippen LogP contribution in [0, 0.1) is 0 Å². The summed E-state index contributed by atoms with van der Waals surface area (Å²) in [7, 11) is 0. The molecule has 1 fully saturated rings. The summed E-state index contributed by atoms with van der Waals surface area (Å²) < 4.78 is 7.46. The number of hydrogen-bond donors (Lipinski definition) is 3. The molecule has 1 aromatic carbocycles. The summed E-state index contributed by atoms with van der Waals surface area (Å²) >= 11 is 6.03. The van der Waals surface area contributed by atoms with Gasteiger partial charge in [0.05, 0.1) is 36.7 Å². The van der Waals surface area contributed by atoms with Gasteiger partial charge in [-0.1, -0.05) is 11.6 Å². The van der Waals surface area contributed by atoms with Crippen LogP contribution in [0.4, 0.5) is 5.82 Å². The van der Waals surface area contributed by atoms with Crippen LogP contribution in [0.2, 0.25) is 5.02 Å². The molecule has 3 heterocycles. The second-order valence-electron chi connectivity index (χ2n) is 6.63. The molecule has 9 heteroatoms. The third-order valence-electron chi connectivity index (χ3n) is 4.83. The number of aliphatic hydroxyl groups is 1. The lowest BCUT2D eigenvalue weighted by Gasteiger charge is -2.38. The van der Waals surface area contributed by atoms with E-state index in [1.54, 1.807) is 12.4 Å². The number of anilines is 1. The number of aromatic nitrogens is 3. The molecule has 3 aromatic rings. The second kappa shape index (κ2) is 8.42. The lowest BCUT2D eigenvalue weighted by Crippen LogP contribution is -2.57. The van der Waals surface area contributed by atoms with Crippen LogP contribution in [0.15, 0.2) is 42.7 Å². The van der Waals surface area contributed by atoms with Crippen molar-refractivity contribution in [2.75, 3.05) is 37.7 Å². The quantitative estimate of drug-likeness (QED) is 0.531. The predicted octanol–water partition coefficient (Wildman–Crippen LogP) is 1.15. The van der Waals surface area contributed by atoms with Crippen LogP contribution in [-0.2, 0) is 4.74 Å². The molecule has 4 N–H and O–H groups in total. The summed E-state index contributed by atoms with van der Waals surface area (Å²) in [5.74, 6) is 0.786. The Kier molecular flexibility index (Phi) is 5.74. The number of nitrogens with one attached hydrogen (secondary N) is 1. The monoisotopic (exact) mass is 402 g/mol. The molecule has 1 aliphatic heterocycles. The van der Waals surface area contributed by atoms with Crippen LogP contribution in [-0.4, -0.2) is 65.0 Å². The molecule has 2 unspecified atom stereocenters. The zero-order valence-electron chi connectivity index (χ0n) is 15.3. The van der Waals surface area contributed by atoms with Gasteiger partial charge in [-0.25, -0.2) is 4.68 Å². The molecule has 1 aliphatic rings. The zero-order chi connectivity index (χ0) is 19.5. The van der Waals surface area contributed by atoms with E-state index in [9.17, 15) is 5.11 Å². The Morgan fingerprint density at radius 1 is 1.32 bits per heavy atom. The van der Waals surface area contributed by atoms with Crippen LogP contribution in [0.5, 0.6) is 0 Å². The molecule has 0 saturated carbocycles. The van der Waals surface area contributed by atoms with Crippen LogP contribution in [0.25, 0.3) is 16.6 Å². The van der Waals surface area contributed by atoms with Gasteiger partial charge >= 0.3 is 0 Å². The Bertz CT molecular complexity index is 932. The fourth-order valence-electron chi connectivity index (χ4n) is 3.45. The fourth-order valence-corrected chi connectivity index (χ4v) is 3.58. The van der Waals surface area contributed by atoms with Gasteiger partial charge in [0.15, 0.2) is 5.82 Å². The van der Waals surface area contributed by atoms with Gasteiger partial charge in [-0.05, 0) is 30.3 Å². The number of benzene rings is 1. The minimum Gasteiger partial charge on any atom is -0.377 e. The van der Waals surface area contributed by atoms with E-state index in [0.717, 1.165) is 22.4 Å². The first kappa shape index (κ1) is 19.1. The third-order valence-corrected chi connectivity index (χ3v) is 5.09. The van der Waals surface area contributed by atoms with E-state index >= 15 is 0 Å². The SMILES string of the molecule is NCCNC(O)C1COCCN1c1nn(-c2ccc(Cl)cc2)c2cnccc12. The average molecular weight is 403 g/mol. The van der Waals surface area contributed by atoms with E-state index in [1.165, 1.54) is 0 Å². The van der Waals surface area contributed by atoms with Crippen LogP contribution >= 0.6 is 11.6 Å². The molecule has 2 atom stereocenters. The first-order valence-electron chi connectivity index (χ1n) is 9.23. The molecule has 0 amide bonds. The van der Waals surface area contributed by atoms with Gasteiger partial charge in [0, 0.05) is 36.2 Å². The van der Waals surface area contributed by atoms with Crippen molar-refractivity contribution in [3.63, 3.8) is 0 Å². The minimum absolute atomic E-state index is 0.273. The minimum atomic E-state index is -0.776. The van der Waals surface area contributed by atoms with E-state index in [0.29, 0.717) is 37.9 Å². The number of rotatable bonds is 6. The maximum absolute atomic E-state index is 10.6. The highest BCUT2D eigenvalue weighted by Gasteiger charge is 2.32. The van der Waals surface area contributed by atoms with Gasteiger partial charge in [0.2, 0.25) is 0 Å². The standard InChI is InChI=1S/C19H23ClN6O2/c20-13-1-3-14(4-2-13)26-16-11-22-7-5-15(16)18(24-26)25-9-10-28-12-17(25)19(27)23-8-6-21/h1-5,7,11,17,19,23,27H,6,8-10,12,21H2. The van der Waals surface area contributed by atoms with Crippen molar-refractivity contribution in [2.45, 2.75) is 12.3 Å². The Morgan fingerprint density at radius 2 is 2.14 bits per heavy atom. The summed E-state index contributed by atoms with van der Waals surface area (Å²) in [5.41, 5.74) is 7.33. The van der Waals surface area contributed by atoms with Gasteiger partial charge in [-0.2, -0.15) is 0 Å². The molecule has 0 spiro atoms. The largest absolute Gasteiger partial charge is 0.377 e. The fraction of sp³-hybridized carbons (Fsp3) is 0.368. The summed E-state index contributed by atoms with van der Waals surface area (Å²) in [4.78, 5) is 6.35. The average Bonchev–Trinajstić information content (AvgIpc) is 3.12. The Hall–Kier alpha value is -2.23. The summed E-state index contributed by atoms with van der Waals surface area (Å²) in [5, 5.41) is 20.1. The first-order chi connectivity index (χ1) is 13.7. The Labute approximate surface area is 167 Å². The van der Waals surface area contributed by atoms with Gasteiger partial charge in [0.25, 0.3) is 0 Å². The summed E-state index contributed by atoms with van der Waals surface area (Å²) in [6.45, 7) is 2.57. The topological polar surface area (TPSA) is 101 Å². The molecule has 2 aromatic heterocycles. The Morgan fingerprint density at radius 3 is 2.93 bits per heavy atom. The number of fused-ring (bicyclic) bond motifs is 1. The predicted molar refractivity (Wildman–Crippen MR) is 109 cm³/mol. The number of nitrogens with zero attached hydrogens (tertiary/aromatic N) is 4. The lowest BCUT2D eigenvalue weighted by atomic mass is 10.1. The highest BCUT2D eigenvalue weighted by molar-refractivity contribution is 6.30. The Balaban J connectivity index is 1.76. The van der Waals surface area contributed by atoms with Gasteiger partial charge < -0.3 is 20.5 Å². The van der Waals surface area contributed by atoms with Crippen molar-refractivity contribution >= 4 is 28.3 Å². The van der Waals surface area contributed by atoms with E-state index in [1.807, 2.05) is 35.0 Å². The molecule has 0 bridgehead atoms. The highest BCUT2D eigenvalue weighted by atomic mass is 35.5. The zero-order valence-corrected chi connectivity index (χ0v) is 16.1. The number of nitrogens with two attached hydrogens (primary N) is 1. The molecule has 0 aliphatic carbocycles. The molecule has 4 rings (SSSR count). The number of hydrogen-bond acceptors (Lipinski definition) is 7. The van der Waals surface area contributed by atoms with Gasteiger partial charge in [0.1, 0.15) is 6.23 Å². The van der Waals surface area contributed by atoms with Gasteiger partial charge in [-0.3, -0.25) is 10.3 Å². The highest BCUT2D eigenvalue weighted by Crippen LogP contribution is 2.30. The molecule has 0 radical (unpaired) electrons. The number of aliphatic hydroxyl groups excluding tert-OH is 1. The lowest BCUT2D eigenvalue weighted by molar-refractivity contribution is 0.0219. The van der Waals surface area contributed by atoms with E-state index in [4.69, 9.17) is 27.2 Å². The molecule has 148 valence electrons. The maximum atomic E-state index is 10.6. The van der Waals surface area contributed by atoms with E-state index < -0.39 is 6.23 Å². The maximum Gasteiger partial charge on any atom is 0.159 e. The first-order valence-corrected chi connectivity index (χ1v) is 9.61. The van der Waals surface area contributed by atoms with E-state index in [-0.39, 0.29) is 6.04 Å². The second-order valence-corrected chi connectivity index (χ2v) is 7.06. The normalized spacial score (nSPS) is 18.5. The summed E-state index contributed by atoms with van der Waals surface area (Å²) in [6.07, 6.45) is 2.76. The van der Waals surface area contributed by atoms with Crippen molar-refractivity contribution in [1.29, 1.82) is 0 Å². The number of ether oxygens (including phenoxy) is 1. The van der Waals surface area contributed by atoms with Crippen molar-refractivity contribution in [3.05, 3.63) is 47.7 Å². The third kappa shape index (κ3) is 3.69. The molecule has 28 heavy (non-hydrogen) atoms. The van der Waals surface area contributed by atoms with E-state index in [2.05, 4.69) is 15.2 Å². The van der Waals surface area contributed by atoms with Crippen molar-refractivity contribution in [1.82, 2.24) is 20.1 Å². The molecule has 8 nitrogen and oxygen atoms in total. The van der Waals surface area contributed by atoms with Crippen LogP contribution in [0.3, 0.4) is 0 Å². The van der Waals surface area contributed by atoms with Gasteiger partial charge in [-0.15, -0.1) is 5.10 Å². The molecule has 1 saturated heterocycles. The molecular formula is C19H23ClN6O2. The number of morpholine rings is 1. The van der Waals surface area contributed by atoms with Crippen LogP contribution < -0.4 is 16.0 Å². The van der Waals surface area contributed by atoms with Crippen molar-refractivity contribution in [2.24, 2.45) is 5.73 Å². The smallest absolute Gasteiger partial charge is 0.159 e. The van der Waals surface area contributed by atoms with Crippen molar-refractivity contribution in [3.8, 4) is 5.69 Å². The number of pyridine rings is 1. The summed E-state index contributed by atoms with van der Waals surface area (Å²) in [6, 6.07) is 9.16.